The Morgan fingerprint density at radius 1 is 1.38 bits per heavy atom. The van der Waals surface area contributed by atoms with Gasteiger partial charge in [-0.2, -0.15) is 13.2 Å². The Hall–Kier alpha value is -0.780. The first kappa shape index (κ1) is 12.2. The van der Waals surface area contributed by atoms with E-state index in [4.69, 9.17) is 0 Å². The quantitative estimate of drug-likeness (QED) is 0.637. The zero-order valence-electron chi connectivity index (χ0n) is 7.37. The number of hydrogen-bond acceptors (Lipinski definition) is 2. The van der Waals surface area contributed by atoms with Crippen molar-refractivity contribution in [3.63, 3.8) is 0 Å². The van der Waals surface area contributed by atoms with Crippen LogP contribution < -0.4 is 10.6 Å². The van der Waals surface area contributed by atoms with Crippen LogP contribution in [0, 0.1) is 0 Å². The molecule has 0 aliphatic heterocycles. The molecule has 0 radical (unpaired) electrons. The number of carbonyl (C=O) groups is 1. The Bertz CT molecular complexity index is 158. The lowest BCUT2D eigenvalue weighted by Gasteiger charge is -2.07. The molecule has 0 fully saturated rings. The van der Waals surface area contributed by atoms with Crippen molar-refractivity contribution in [1.29, 1.82) is 0 Å². The van der Waals surface area contributed by atoms with Crippen molar-refractivity contribution >= 4 is 5.91 Å². The molecule has 0 aromatic heterocycles. The van der Waals surface area contributed by atoms with Gasteiger partial charge >= 0.3 is 6.18 Å². The summed E-state index contributed by atoms with van der Waals surface area (Å²) in [4.78, 5) is 10.7. The molecule has 0 saturated heterocycles. The van der Waals surface area contributed by atoms with E-state index in [1.807, 2.05) is 0 Å². The molecule has 13 heavy (non-hydrogen) atoms. The van der Waals surface area contributed by atoms with Crippen molar-refractivity contribution in [3.8, 4) is 0 Å². The molecule has 0 heterocycles. The van der Waals surface area contributed by atoms with Crippen LogP contribution in [0.2, 0.25) is 0 Å². The smallest absolute Gasteiger partial charge is 0.356 e. The standard InChI is InChI=1S/C7H13F3N2O/c1-2-12-6(13)3-4-11-5-7(8,9)10/h11H,2-5H2,1H3,(H,12,13). The third-order valence-electron chi connectivity index (χ3n) is 1.23. The van der Waals surface area contributed by atoms with Crippen molar-refractivity contribution in [3.05, 3.63) is 0 Å². The first-order valence-electron chi connectivity index (χ1n) is 4.00. The normalized spacial score (nSPS) is 11.4. The molecular weight excluding hydrogens is 185 g/mol. The van der Waals surface area contributed by atoms with Crippen LogP contribution in [-0.4, -0.2) is 31.7 Å². The molecule has 78 valence electrons. The van der Waals surface area contributed by atoms with Gasteiger partial charge in [0.15, 0.2) is 0 Å². The predicted octanol–water partition coefficient (Wildman–Crippen LogP) is 0.664. The topological polar surface area (TPSA) is 41.1 Å². The Kier molecular flexibility index (Phi) is 5.45. The van der Waals surface area contributed by atoms with Gasteiger partial charge in [0.2, 0.25) is 5.91 Å². The van der Waals surface area contributed by atoms with Crippen LogP contribution in [0.4, 0.5) is 13.2 Å². The van der Waals surface area contributed by atoms with Gasteiger partial charge in [-0.25, -0.2) is 0 Å². The van der Waals surface area contributed by atoms with Gasteiger partial charge in [-0.1, -0.05) is 0 Å². The molecule has 0 atom stereocenters. The van der Waals surface area contributed by atoms with Gasteiger partial charge < -0.3 is 10.6 Å². The molecule has 0 aromatic carbocycles. The van der Waals surface area contributed by atoms with Crippen LogP contribution in [0.25, 0.3) is 0 Å². The van der Waals surface area contributed by atoms with Gasteiger partial charge in [0.1, 0.15) is 0 Å². The summed E-state index contributed by atoms with van der Waals surface area (Å²) in [5, 5.41) is 4.61. The summed E-state index contributed by atoms with van der Waals surface area (Å²) in [5.41, 5.74) is 0. The second kappa shape index (κ2) is 5.80. The van der Waals surface area contributed by atoms with Gasteiger partial charge in [0.25, 0.3) is 0 Å². The van der Waals surface area contributed by atoms with Crippen LogP contribution in [0.3, 0.4) is 0 Å². The summed E-state index contributed by atoms with van der Waals surface area (Å²) >= 11 is 0. The molecule has 0 aromatic rings. The van der Waals surface area contributed by atoms with E-state index in [1.165, 1.54) is 0 Å². The Morgan fingerprint density at radius 2 is 2.00 bits per heavy atom. The summed E-state index contributed by atoms with van der Waals surface area (Å²) in [6.45, 7) is 1.25. The third kappa shape index (κ3) is 9.13. The van der Waals surface area contributed by atoms with Gasteiger partial charge in [0, 0.05) is 19.5 Å². The zero-order chi connectivity index (χ0) is 10.3. The van der Waals surface area contributed by atoms with Crippen LogP contribution in [-0.2, 0) is 4.79 Å². The zero-order valence-corrected chi connectivity index (χ0v) is 7.37. The molecule has 0 rings (SSSR count). The van der Waals surface area contributed by atoms with Crippen LogP contribution >= 0.6 is 0 Å². The number of nitrogens with one attached hydrogen (secondary N) is 2. The highest BCUT2D eigenvalue weighted by molar-refractivity contribution is 5.75. The van der Waals surface area contributed by atoms with Gasteiger partial charge in [-0.3, -0.25) is 4.79 Å². The fourth-order valence-electron chi connectivity index (χ4n) is 0.718. The van der Waals surface area contributed by atoms with E-state index < -0.39 is 12.7 Å². The lowest BCUT2D eigenvalue weighted by atomic mass is 10.4. The predicted molar refractivity (Wildman–Crippen MR) is 42.2 cm³/mol. The van der Waals surface area contributed by atoms with Crippen LogP contribution in [0.15, 0.2) is 0 Å². The minimum Gasteiger partial charge on any atom is -0.356 e. The average molecular weight is 198 g/mol. The largest absolute Gasteiger partial charge is 0.401 e. The molecule has 0 unspecified atom stereocenters. The van der Waals surface area contributed by atoms with E-state index in [-0.39, 0.29) is 18.9 Å². The van der Waals surface area contributed by atoms with Crippen LogP contribution in [0.1, 0.15) is 13.3 Å². The number of carbonyl (C=O) groups excluding carboxylic acids is 1. The van der Waals surface area contributed by atoms with Crippen molar-refractivity contribution in [2.75, 3.05) is 19.6 Å². The van der Waals surface area contributed by atoms with Crippen molar-refractivity contribution in [2.45, 2.75) is 19.5 Å². The van der Waals surface area contributed by atoms with Gasteiger partial charge in [-0.15, -0.1) is 0 Å². The first-order valence-corrected chi connectivity index (χ1v) is 4.00. The van der Waals surface area contributed by atoms with E-state index in [0.29, 0.717) is 6.54 Å². The second-order valence-electron chi connectivity index (χ2n) is 2.50. The van der Waals surface area contributed by atoms with Crippen LogP contribution in [0.5, 0.6) is 0 Å². The number of hydrogen-bond donors (Lipinski definition) is 2. The average Bonchev–Trinajstić information content (AvgIpc) is 1.97. The van der Waals surface area contributed by atoms with E-state index in [1.54, 1.807) is 6.92 Å². The highest BCUT2D eigenvalue weighted by Gasteiger charge is 2.25. The number of amides is 1. The molecular formula is C7H13F3N2O. The van der Waals surface area contributed by atoms with E-state index in [9.17, 15) is 18.0 Å². The lowest BCUT2D eigenvalue weighted by Crippen LogP contribution is -2.32. The van der Waals surface area contributed by atoms with E-state index >= 15 is 0 Å². The minimum atomic E-state index is -4.21. The molecule has 1 amide bonds. The lowest BCUT2D eigenvalue weighted by molar-refractivity contribution is -0.127. The Labute approximate surface area is 74.7 Å². The molecule has 0 saturated carbocycles. The number of rotatable bonds is 5. The Balaban J connectivity index is 3.31. The number of alkyl halides is 3. The van der Waals surface area contributed by atoms with Crippen molar-refractivity contribution in [2.24, 2.45) is 0 Å². The fourth-order valence-corrected chi connectivity index (χ4v) is 0.718. The molecule has 0 spiro atoms. The summed E-state index contributed by atoms with van der Waals surface area (Å²) in [6, 6.07) is 0. The maximum atomic E-state index is 11.6. The summed E-state index contributed by atoms with van der Waals surface area (Å²) in [5.74, 6) is -0.239. The van der Waals surface area contributed by atoms with E-state index in [0.717, 1.165) is 0 Å². The molecule has 0 bridgehead atoms. The van der Waals surface area contributed by atoms with Gasteiger partial charge in [-0.05, 0) is 6.92 Å². The summed E-state index contributed by atoms with van der Waals surface area (Å²) in [6.07, 6.45) is -4.13. The molecule has 3 nitrogen and oxygen atoms in total. The second-order valence-corrected chi connectivity index (χ2v) is 2.50. The first-order chi connectivity index (χ1) is 5.95. The van der Waals surface area contributed by atoms with E-state index in [2.05, 4.69) is 10.6 Å². The summed E-state index contributed by atoms with van der Waals surface area (Å²) in [7, 11) is 0. The molecule has 0 aliphatic carbocycles. The monoisotopic (exact) mass is 198 g/mol. The SMILES string of the molecule is CCNC(=O)CCNCC(F)(F)F. The maximum Gasteiger partial charge on any atom is 0.401 e. The highest BCUT2D eigenvalue weighted by atomic mass is 19.4. The summed E-state index contributed by atoms with van der Waals surface area (Å²) < 4.78 is 34.7. The highest BCUT2D eigenvalue weighted by Crippen LogP contribution is 2.11. The third-order valence-corrected chi connectivity index (χ3v) is 1.23. The maximum absolute atomic E-state index is 11.6. The van der Waals surface area contributed by atoms with Crippen molar-refractivity contribution in [1.82, 2.24) is 10.6 Å². The van der Waals surface area contributed by atoms with Crippen molar-refractivity contribution < 1.29 is 18.0 Å². The van der Waals surface area contributed by atoms with Gasteiger partial charge in [0.05, 0.1) is 6.54 Å². The minimum absolute atomic E-state index is 0.0470. The number of halogens is 3. The Morgan fingerprint density at radius 3 is 2.46 bits per heavy atom. The molecule has 0 aliphatic rings. The fraction of sp³-hybridized carbons (Fsp3) is 0.857. The molecule has 2 N–H and O–H groups in total. The molecule has 6 heteroatoms.